The van der Waals surface area contributed by atoms with Crippen molar-refractivity contribution in [2.45, 2.75) is 6.54 Å². The minimum Gasteiger partial charge on any atom is -0.332 e. The molecule has 0 atom stereocenters. The minimum atomic E-state index is 0.113. The number of benzene rings is 2. The summed E-state index contributed by atoms with van der Waals surface area (Å²) in [6, 6.07) is 20.3. The molecule has 0 bridgehead atoms. The van der Waals surface area contributed by atoms with Crippen LogP contribution in [-0.4, -0.2) is 42.9 Å². The van der Waals surface area contributed by atoms with Crippen molar-refractivity contribution in [3.63, 3.8) is 0 Å². The number of likely N-dealkylation sites (N-methyl/N-ethyl adjacent to an activating group) is 1. The lowest BCUT2D eigenvalue weighted by Crippen LogP contribution is -2.35. The molecule has 124 valence electrons. The molecule has 0 radical (unpaired) electrons. The summed E-state index contributed by atoms with van der Waals surface area (Å²) in [4.78, 5) is 17.9. The third kappa shape index (κ3) is 4.02. The van der Waals surface area contributed by atoms with E-state index < -0.39 is 0 Å². The Morgan fingerprint density at radius 1 is 0.958 bits per heavy atom. The molecule has 4 heteroatoms. The van der Waals surface area contributed by atoms with Crippen LogP contribution in [0.4, 0.5) is 0 Å². The van der Waals surface area contributed by atoms with Crippen molar-refractivity contribution in [1.29, 1.82) is 0 Å². The second-order valence-corrected chi connectivity index (χ2v) is 7.25. The van der Waals surface area contributed by atoms with Gasteiger partial charge >= 0.3 is 0 Å². The average molecular weight is 338 g/mol. The van der Waals surface area contributed by atoms with E-state index in [0.29, 0.717) is 6.54 Å². The Hall–Kier alpha value is -2.17. The van der Waals surface area contributed by atoms with Crippen LogP contribution in [0.1, 0.15) is 15.2 Å². The summed E-state index contributed by atoms with van der Waals surface area (Å²) in [6.07, 6.45) is 0. The van der Waals surface area contributed by atoms with Gasteiger partial charge in [-0.25, -0.2) is 0 Å². The molecular weight excluding hydrogens is 316 g/mol. The first kappa shape index (κ1) is 16.7. The number of carbonyl (C=O) groups is 1. The van der Waals surface area contributed by atoms with Crippen molar-refractivity contribution < 1.29 is 4.79 Å². The predicted molar refractivity (Wildman–Crippen MR) is 102 cm³/mol. The summed E-state index contributed by atoms with van der Waals surface area (Å²) in [6.45, 7) is 2.21. The van der Waals surface area contributed by atoms with Crippen molar-refractivity contribution in [3.8, 4) is 0 Å². The monoisotopic (exact) mass is 338 g/mol. The minimum absolute atomic E-state index is 0.113. The van der Waals surface area contributed by atoms with Crippen LogP contribution < -0.4 is 0 Å². The van der Waals surface area contributed by atoms with Gasteiger partial charge in [0.15, 0.2) is 0 Å². The van der Waals surface area contributed by atoms with Gasteiger partial charge in [0.2, 0.25) is 0 Å². The summed E-state index contributed by atoms with van der Waals surface area (Å²) in [5.74, 6) is 0.113. The fraction of sp³-hybridized carbons (Fsp3) is 0.250. The molecule has 24 heavy (non-hydrogen) atoms. The van der Waals surface area contributed by atoms with Crippen LogP contribution in [0.15, 0.2) is 60.7 Å². The lowest BCUT2D eigenvalue weighted by atomic mass is 10.2. The highest BCUT2D eigenvalue weighted by Crippen LogP contribution is 2.26. The van der Waals surface area contributed by atoms with E-state index in [9.17, 15) is 4.79 Å². The molecular formula is C20H22N2OS. The highest BCUT2D eigenvalue weighted by Gasteiger charge is 2.18. The van der Waals surface area contributed by atoms with Gasteiger partial charge in [0.1, 0.15) is 0 Å². The van der Waals surface area contributed by atoms with Crippen molar-refractivity contribution in [3.05, 3.63) is 71.1 Å². The average Bonchev–Trinajstić information content (AvgIpc) is 3.03. The van der Waals surface area contributed by atoms with Gasteiger partial charge in [-0.2, -0.15) is 0 Å². The molecule has 0 fully saturated rings. The summed E-state index contributed by atoms with van der Waals surface area (Å²) in [7, 11) is 4.06. The lowest BCUT2D eigenvalue weighted by molar-refractivity contribution is 0.0737. The molecule has 1 aromatic heterocycles. The summed E-state index contributed by atoms with van der Waals surface area (Å²) in [5, 5.41) is 1.14. The van der Waals surface area contributed by atoms with Crippen LogP contribution in [0.5, 0.6) is 0 Å². The van der Waals surface area contributed by atoms with Gasteiger partial charge in [0.05, 0.1) is 4.88 Å². The van der Waals surface area contributed by atoms with Crippen molar-refractivity contribution in [2.75, 3.05) is 27.2 Å². The Morgan fingerprint density at radius 2 is 1.67 bits per heavy atom. The predicted octanol–water partition coefficient (Wildman–Crippen LogP) is 4.11. The SMILES string of the molecule is CN(C)CCN(Cc1ccccc1)C(=O)c1cc2ccccc2s1. The highest BCUT2D eigenvalue weighted by molar-refractivity contribution is 7.20. The van der Waals surface area contributed by atoms with Crippen LogP contribution in [0, 0.1) is 0 Å². The molecule has 0 aliphatic heterocycles. The van der Waals surface area contributed by atoms with Gasteiger partial charge in [0, 0.05) is 24.3 Å². The molecule has 0 aliphatic carbocycles. The van der Waals surface area contributed by atoms with Crippen molar-refractivity contribution in [1.82, 2.24) is 9.80 Å². The van der Waals surface area contributed by atoms with E-state index in [0.717, 1.165) is 33.6 Å². The number of hydrogen-bond donors (Lipinski definition) is 0. The van der Waals surface area contributed by atoms with Gasteiger partial charge in [-0.15, -0.1) is 11.3 Å². The second kappa shape index (κ2) is 7.60. The van der Waals surface area contributed by atoms with Gasteiger partial charge in [-0.3, -0.25) is 4.79 Å². The fourth-order valence-electron chi connectivity index (χ4n) is 2.62. The maximum Gasteiger partial charge on any atom is 0.264 e. The first-order valence-corrected chi connectivity index (χ1v) is 8.91. The molecule has 0 saturated carbocycles. The van der Waals surface area contributed by atoms with Crippen LogP contribution in [0.2, 0.25) is 0 Å². The van der Waals surface area contributed by atoms with Crippen molar-refractivity contribution >= 4 is 27.3 Å². The molecule has 3 nitrogen and oxygen atoms in total. The Bertz CT molecular complexity index is 778. The summed E-state index contributed by atoms with van der Waals surface area (Å²) < 4.78 is 1.16. The van der Waals surface area contributed by atoms with Crippen LogP contribution >= 0.6 is 11.3 Å². The Morgan fingerprint density at radius 3 is 2.38 bits per heavy atom. The normalized spacial score (nSPS) is 11.1. The summed E-state index contributed by atoms with van der Waals surface area (Å²) in [5.41, 5.74) is 1.16. The first-order chi connectivity index (χ1) is 11.6. The molecule has 3 rings (SSSR count). The molecule has 0 saturated heterocycles. The van der Waals surface area contributed by atoms with E-state index in [2.05, 4.69) is 29.2 Å². The molecule has 1 heterocycles. The molecule has 0 aliphatic rings. The van der Waals surface area contributed by atoms with Crippen molar-refractivity contribution in [2.24, 2.45) is 0 Å². The molecule has 1 amide bonds. The topological polar surface area (TPSA) is 23.6 Å². The fourth-order valence-corrected chi connectivity index (χ4v) is 3.65. The number of nitrogens with zero attached hydrogens (tertiary/aromatic N) is 2. The molecule has 0 unspecified atom stereocenters. The molecule has 0 N–H and O–H groups in total. The zero-order valence-corrected chi connectivity index (χ0v) is 14.9. The van der Waals surface area contributed by atoms with Crippen LogP contribution in [0.3, 0.4) is 0 Å². The van der Waals surface area contributed by atoms with E-state index >= 15 is 0 Å². The van der Waals surface area contributed by atoms with Gasteiger partial charge < -0.3 is 9.80 Å². The highest BCUT2D eigenvalue weighted by atomic mass is 32.1. The lowest BCUT2D eigenvalue weighted by Gasteiger charge is -2.24. The van der Waals surface area contributed by atoms with E-state index in [1.807, 2.05) is 55.4 Å². The largest absolute Gasteiger partial charge is 0.332 e. The van der Waals surface area contributed by atoms with Gasteiger partial charge in [0.25, 0.3) is 5.91 Å². The van der Waals surface area contributed by atoms with E-state index in [1.54, 1.807) is 11.3 Å². The number of fused-ring (bicyclic) bond motifs is 1. The second-order valence-electron chi connectivity index (χ2n) is 6.16. The number of amides is 1. The molecule has 2 aromatic carbocycles. The first-order valence-electron chi connectivity index (χ1n) is 8.10. The molecule has 0 spiro atoms. The van der Waals surface area contributed by atoms with E-state index in [-0.39, 0.29) is 5.91 Å². The third-order valence-electron chi connectivity index (χ3n) is 3.96. The Balaban J connectivity index is 1.84. The van der Waals surface area contributed by atoms with Gasteiger partial charge in [-0.1, -0.05) is 48.5 Å². The van der Waals surface area contributed by atoms with E-state index in [1.165, 1.54) is 0 Å². The Kier molecular flexibility index (Phi) is 5.28. The zero-order chi connectivity index (χ0) is 16.9. The number of thiophene rings is 1. The zero-order valence-electron chi connectivity index (χ0n) is 14.1. The van der Waals surface area contributed by atoms with Crippen LogP contribution in [-0.2, 0) is 6.54 Å². The number of carbonyl (C=O) groups excluding carboxylic acids is 1. The third-order valence-corrected chi connectivity index (χ3v) is 5.06. The van der Waals surface area contributed by atoms with E-state index in [4.69, 9.17) is 0 Å². The maximum atomic E-state index is 13.0. The number of rotatable bonds is 6. The molecule has 3 aromatic rings. The van der Waals surface area contributed by atoms with Crippen LogP contribution in [0.25, 0.3) is 10.1 Å². The standard InChI is InChI=1S/C20H22N2OS/c1-21(2)12-13-22(15-16-8-4-3-5-9-16)20(23)19-14-17-10-6-7-11-18(17)24-19/h3-11,14H,12-13,15H2,1-2H3. The number of hydrogen-bond acceptors (Lipinski definition) is 3. The Labute approximate surface area is 147 Å². The smallest absolute Gasteiger partial charge is 0.264 e. The van der Waals surface area contributed by atoms with Gasteiger partial charge in [-0.05, 0) is 37.2 Å². The quantitative estimate of drug-likeness (QED) is 0.675. The summed E-state index contributed by atoms with van der Waals surface area (Å²) >= 11 is 1.57. The maximum absolute atomic E-state index is 13.0.